The standard InChI is InChI=1S/C15H22N4O/c1-10(2)19-8-6-7-11(19)14(20)16-13-9-12(17-18-13)15(3,4)5/h6-10H,1-5H3,(H2,16,17,18,20). The summed E-state index contributed by atoms with van der Waals surface area (Å²) in [4.78, 5) is 12.3. The van der Waals surface area contributed by atoms with Gasteiger partial charge in [0.2, 0.25) is 0 Å². The maximum Gasteiger partial charge on any atom is 0.273 e. The van der Waals surface area contributed by atoms with Gasteiger partial charge in [-0.3, -0.25) is 9.89 Å². The molecule has 0 aromatic carbocycles. The maximum absolute atomic E-state index is 12.3. The molecule has 5 nitrogen and oxygen atoms in total. The van der Waals surface area contributed by atoms with Gasteiger partial charge in [-0.05, 0) is 26.0 Å². The zero-order valence-corrected chi connectivity index (χ0v) is 12.7. The molecule has 108 valence electrons. The van der Waals surface area contributed by atoms with Crippen molar-refractivity contribution in [2.24, 2.45) is 0 Å². The van der Waals surface area contributed by atoms with Crippen LogP contribution in [0.15, 0.2) is 24.4 Å². The van der Waals surface area contributed by atoms with Crippen LogP contribution in [0.2, 0.25) is 0 Å². The molecule has 2 heterocycles. The van der Waals surface area contributed by atoms with Crippen molar-refractivity contribution in [1.82, 2.24) is 14.8 Å². The van der Waals surface area contributed by atoms with Crippen molar-refractivity contribution >= 4 is 11.7 Å². The van der Waals surface area contributed by atoms with Crippen LogP contribution < -0.4 is 5.32 Å². The molecule has 2 rings (SSSR count). The summed E-state index contributed by atoms with van der Waals surface area (Å²) >= 11 is 0. The Kier molecular flexibility index (Phi) is 3.70. The summed E-state index contributed by atoms with van der Waals surface area (Å²) in [6, 6.07) is 5.81. The Morgan fingerprint density at radius 2 is 2.10 bits per heavy atom. The van der Waals surface area contributed by atoms with Crippen LogP contribution in [0.3, 0.4) is 0 Å². The zero-order chi connectivity index (χ0) is 14.9. The van der Waals surface area contributed by atoms with Crippen LogP contribution >= 0.6 is 0 Å². The van der Waals surface area contributed by atoms with Gasteiger partial charge in [-0.25, -0.2) is 0 Å². The molecule has 0 atom stereocenters. The molecule has 0 aliphatic carbocycles. The van der Waals surface area contributed by atoms with E-state index in [1.165, 1.54) is 0 Å². The molecule has 2 aromatic rings. The number of aromatic amines is 1. The van der Waals surface area contributed by atoms with E-state index in [0.717, 1.165) is 5.69 Å². The van der Waals surface area contributed by atoms with E-state index in [4.69, 9.17) is 0 Å². The molecule has 1 amide bonds. The average Bonchev–Trinajstić information content (AvgIpc) is 2.95. The summed E-state index contributed by atoms with van der Waals surface area (Å²) in [5.41, 5.74) is 1.61. The molecule has 0 radical (unpaired) electrons. The molecule has 0 fully saturated rings. The van der Waals surface area contributed by atoms with E-state index in [2.05, 4.69) is 36.3 Å². The highest BCUT2D eigenvalue weighted by Gasteiger charge is 2.18. The minimum atomic E-state index is -0.143. The lowest BCUT2D eigenvalue weighted by atomic mass is 9.92. The van der Waals surface area contributed by atoms with E-state index in [1.54, 1.807) is 0 Å². The van der Waals surface area contributed by atoms with E-state index < -0.39 is 0 Å². The Morgan fingerprint density at radius 3 is 2.65 bits per heavy atom. The van der Waals surface area contributed by atoms with Crippen molar-refractivity contribution in [1.29, 1.82) is 0 Å². The predicted molar refractivity (Wildman–Crippen MR) is 80.1 cm³/mol. The minimum absolute atomic E-state index is 0.0197. The first-order valence-corrected chi connectivity index (χ1v) is 6.83. The molecule has 2 aromatic heterocycles. The molecule has 5 heteroatoms. The van der Waals surface area contributed by atoms with Crippen LogP contribution in [-0.4, -0.2) is 20.7 Å². The van der Waals surface area contributed by atoms with Gasteiger partial charge in [-0.2, -0.15) is 5.10 Å². The molecule has 0 aliphatic heterocycles. The lowest BCUT2D eigenvalue weighted by Crippen LogP contribution is -2.18. The number of H-pyrrole nitrogens is 1. The van der Waals surface area contributed by atoms with E-state index in [9.17, 15) is 4.79 Å². The van der Waals surface area contributed by atoms with Gasteiger partial charge >= 0.3 is 0 Å². The third-order valence-electron chi connectivity index (χ3n) is 3.20. The van der Waals surface area contributed by atoms with Crippen molar-refractivity contribution < 1.29 is 4.79 Å². The molecule has 20 heavy (non-hydrogen) atoms. The highest BCUT2D eigenvalue weighted by atomic mass is 16.2. The molecular formula is C15H22N4O. The third kappa shape index (κ3) is 2.92. The van der Waals surface area contributed by atoms with Crippen LogP contribution in [0.5, 0.6) is 0 Å². The number of nitrogens with zero attached hydrogens (tertiary/aromatic N) is 2. The molecule has 0 spiro atoms. The van der Waals surface area contributed by atoms with Crippen LogP contribution in [0, 0.1) is 0 Å². The molecular weight excluding hydrogens is 252 g/mol. The molecule has 0 unspecified atom stereocenters. The van der Waals surface area contributed by atoms with Crippen LogP contribution in [0.1, 0.15) is 56.8 Å². The Balaban J connectivity index is 2.16. The number of amides is 1. The molecule has 0 bridgehead atoms. The summed E-state index contributed by atoms with van der Waals surface area (Å²) in [7, 11) is 0. The fourth-order valence-electron chi connectivity index (χ4n) is 1.99. The number of carbonyl (C=O) groups excluding carboxylic acids is 1. The third-order valence-corrected chi connectivity index (χ3v) is 3.20. The zero-order valence-electron chi connectivity index (χ0n) is 12.7. The Labute approximate surface area is 119 Å². The first-order chi connectivity index (χ1) is 9.29. The van der Waals surface area contributed by atoms with Gasteiger partial charge in [0, 0.05) is 29.4 Å². The second kappa shape index (κ2) is 5.15. The minimum Gasteiger partial charge on any atom is -0.341 e. The Hall–Kier alpha value is -2.04. The number of rotatable bonds is 3. The van der Waals surface area contributed by atoms with Gasteiger partial charge in [-0.15, -0.1) is 0 Å². The summed E-state index contributed by atoms with van der Waals surface area (Å²) in [5, 5.41) is 9.93. The number of hydrogen-bond donors (Lipinski definition) is 2. The maximum atomic E-state index is 12.3. The second-order valence-corrected chi connectivity index (χ2v) is 6.27. The quantitative estimate of drug-likeness (QED) is 0.901. The number of anilines is 1. The lowest BCUT2D eigenvalue weighted by molar-refractivity contribution is 0.101. The van der Waals surface area contributed by atoms with Crippen molar-refractivity contribution in [3.05, 3.63) is 35.8 Å². The summed E-state index contributed by atoms with van der Waals surface area (Å²) in [5.74, 6) is 0.409. The molecule has 2 N–H and O–H groups in total. The number of hydrogen-bond acceptors (Lipinski definition) is 2. The highest BCUT2D eigenvalue weighted by Crippen LogP contribution is 2.22. The fourth-order valence-corrected chi connectivity index (χ4v) is 1.99. The first-order valence-electron chi connectivity index (χ1n) is 6.83. The summed E-state index contributed by atoms with van der Waals surface area (Å²) in [6.45, 7) is 10.4. The second-order valence-electron chi connectivity index (χ2n) is 6.27. The van der Waals surface area contributed by atoms with Crippen LogP contribution in [0.25, 0.3) is 0 Å². The topological polar surface area (TPSA) is 62.7 Å². The normalized spacial score (nSPS) is 11.9. The molecule has 0 saturated heterocycles. The van der Waals surface area contributed by atoms with E-state index in [0.29, 0.717) is 11.5 Å². The largest absolute Gasteiger partial charge is 0.341 e. The van der Waals surface area contributed by atoms with E-state index in [1.807, 2.05) is 42.8 Å². The summed E-state index contributed by atoms with van der Waals surface area (Å²) < 4.78 is 1.94. The lowest BCUT2D eigenvalue weighted by Gasteiger charge is -2.14. The smallest absolute Gasteiger partial charge is 0.273 e. The molecule has 0 aliphatic rings. The number of carbonyl (C=O) groups is 1. The van der Waals surface area contributed by atoms with Crippen LogP contribution in [0.4, 0.5) is 5.82 Å². The SMILES string of the molecule is CC(C)n1cccc1C(=O)Nc1cc(C(C)(C)C)[nH]n1. The van der Waals surface area contributed by atoms with Gasteiger partial charge in [0.05, 0.1) is 0 Å². The van der Waals surface area contributed by atoms with E-state index in [-0.39, 0.29) is 17.4 Å². The van der Waals surface area contributed by atoms with Gasteiger partial charge < -0.3 is 9.88 Å². The molecule has 0 saturated carbocycles. The summed E-state index contributed by atoms with van der Waals surface area (Å²) in [6.07, 6.45) is 1.91. The Bertz CT molecular complexity index is 601. The van der Waals surface area contributed by atoms with Gasteiger partial charge in [0.1, 0.15) is 5.69 Å². The van der Waals surface area contributed by atoms with Gasteiger partial charge in [0.15, 0.2) is 5.82 Å². The number of nitrogens with one attached hydrogen (secondary N) is 2. The fraction of sp³-hybridized carbons (Fsp3) is 0.467. The van der Waals surface area contributed by atoms with Crippen molar-refractivity contribution in [2.75, 3.05) is 5.32 Å². The van der Waals surface area contributed by atoms with Crippen molar-refractivity contribution in [2.45, 2.75) is 46.1 Å². The van der Waals surface area contributed by atoms with Crippen molar-refractivity contribution in [3.63, 3.8) is 0 Å². The predicted octanol–water partition coefficient (Wildman–Crippen LogP) is 3.34. The first kappa shape index (κ1) is 14.4. The monoisotopic (exact) mass is 274 g/mol. The average molecular weight is 274 g/mol. The highest BCUT2D eigenvalue weighted by molar-refractivity contribution is 6.02. The van der Waals surface area contributed by atoms with Gasteiger partial charge in [0.25, 0.3) is 5.91 Å². The van der Waals surface area contributed by atoms with Gasteiger partial charge in [-0.1, -0.05) is 20.8 Å². The number of aromatic nitrogens is 3. The van der Waals surface area contributed by atoms with E-state index >= 15 is 0 Å². The van der Waals surface area contributed by atoms with Crippen LogP contribution in [-0.2, 0) is 5.41 Å². The Morgan fingerprint density at radius 1 is 1.40 bits per heavy atom. The van der Waals surface area contributed by atoms with Crippen molar-refractivity contribution in [3.8, 4) is 0 Å².